The topological polar surface area (TPSA) is 20.3 Å². The molecule has 0 aliphatic heterocycles. The van der Waals surface area contributed by atoms with E-state index >= 15 is 0 Å². The monoisotopic (exact) mass is 273 g/mol. The Labute approximate surface area is 123 Å². The number of anilines is 1. The molecule has 0 N–H and O–H groups in total. The van der Waals surface area contributed by atoms with E-state index in [1.54, 1.807) is 0 Å². The molecule has 2 nitrogen and oxygen atoms in total. The van der Waals surface area contributed by atoms with Gasteiger partial charge in [-0.3, -0.25) is 4.79 Å². The SMILES string of the molecule is CCN(CC1CC(C)(C)CCC1=O)c1cccc(C)c1. The number of carbonyl (C=O) groups excluding carboxylic acids is 1. The molecule has 1 aliphatic rings. The predicted molar refractivity (Wildman–Crippen MR) is 85.2 cm³/mol. The van der Waals surface area contributed by atoms with E-state index in [-0.39, 0.29) is 5.92 Å². The molecule has 1 saturated carbocycles. The number of carbonyl (C=O) groups is 1. The van der Waals surface area contributed by atoms with Crippen LogP contribution in [0, 0.1) is 18.3 Å². The lowest BCUT2D eigenvalue weighted by atomic mass is 9.71. The summed E-state index contributed by atoms with van der Waals surface area (Å²) in [6, 6.07) is 8.57. The van der Waals surface area contributed by atoms with E-state index in [1.807, 2.05) is 0 Å². The zero-order chi connectivity index (χ0) is 14.8. The largest absolute Gasteiger partial charge is 0.371 e. The first-order valence-corrected chi connectivity index (χ1v) is 7.75. The maximum atomic E-state index is 12.2. The predicted octanol–water partition coefficient (Wildman–Crippen LogP) is 4.22. The van der Waals surface area contributed by atoms with Gasteiger partial charge < -0.3 is 4.90 Å². The van der Waals surface area contributed by atoms with Crippen LogP contribution in [0.1, 0.15) is 45.6 Å². The first-order chi connectivity index (χ1) is 9.41. The molecule has 0 spiro atoms. The normalized spacial score (nSPS) is 21.8. The second kappa shape index (κ2) is 5.99. The summed E-state index contributed by atoms with van der Waals surface area (Å²) < 4.78 is 0. The van der Waals surface area contributed by atoms with Gasteiger partial charge in [-0.05, 0) is 49.8 Å². The van der Waals surface area contributed by atoms with Crippen LogP contribution < -0.4 is 4.90 Å². The number of ketones is 1. The first kappa shape index (κ1) is 15.1. The zero-order valence-electron chi connectivity index (χ0n) is 13.3. The van der Waals surface area contributed by atoms with Crippen molar-refractivity contribution in [3.63, 3.8) is 0 Å². The molecule has 0 heterocycles. The summed E-state index contributed by atoms with van der Waals surface area (Å²) in [5, 5.41) is 0. The summed E-state index contributed by atoms with van der Waals surface area (Å²) in [5.74, 6) is 0.648. The smallest absolute Gasteiger partial charge is 0.137 e. The van der Waals surface area contributed by atoms with Crippen molar-refractivity contribution in [3.8, 4) is 0 Å². The summed E-state index contributed by atoms with van der Waals surface area (Å²) in [5.41, 5.74) is 2.82. The Morgan fingerprint density at radius 3 is 2.75 bits per heavy atom. The lowest BCUT2D eigenvalue weighted by Crippen LogP contribution is -2.39. The zero-order valence-corrected chi connectivity index (χ0v) is 13.3. The number of rotatable bonds is 4. The summed E-state index contributed by atoms with van der Waals surface area (Å²) in [6.45, 7) is 10.7. The Hall–Kier alpha value is -1.31. The van der Waals surface area contributed by atoms with Gasteiger partial charge >= 0.3 is 0 Å². The number of aryl methyl sites for hydroxylation is 1. The van der Waals surface area contributed by atoms with Crippen molar-refractivity contribution in [1.29, 1.82) is 0 Å². The van der Waals surface area contributed by atoms with Crippen molar-refractivity contribution in [3.05, 3.63) is 29.8 Å². The molecule has 0 saturated heterocycles. The van der Waals surface area contributed by atoms with Crippen molar-refractivity contribution in [2.45, 2.75) is 47.0 Å². The average Bonchev–Trinajstić information content (AvgIpc) is 2.39. The molecule has 0 aromatic heterocycles. The van der Waals surface area contributed by atoms with Crippen molar-refractivity contribution in [2.75, 3.05) is 18.0 Å². The Balaban J connectivity index is 2.11. The fourth-order valence-corrected chi connectivity index (χ4v) is 3.22. The van der Waals surface area contributed by atoms with E-state index in [9.17, 15) is 4.79 Å². The highest BCUT2D eigenvalue weighted by Gasteiger charge is 2.34. The molecule has 2 rings (SSSR count). The summed E-state index contributed by atoms with van der Waals surface area (Å²) in [4.78, 5) is 14.5. The highest BCUT2D eigenvalue weighted by Crippen LogP contribution is 2.37. The van der Waals surface area contributed by atoms with Gasteiger partial charge in [-0.15, -0.1) is 0 Å². The minimum Gasteiger partial charge on any atom is -0.371 e. The van der Waals surface area contributed by atoms with Crippen LogP contribution in [0.4, 0.5) is 5.69 Å². The number of Topliss-reactive ketones (excluding diaryl/α,β-unsaturated/α-hetero) is 1. The third-order valence-electron chi connectivity index (χ3n) is 4.49. The van der Waals surface area contributed by atoms with E-state index in [0.29, 0.717) is 11.2 Å². The number of hydrogen-bond acceptors (Lipinski definition) is 2. The van der Waals surface area contributed by atoms with Crippen molar-refractivity contribution in [1.82, 2.24) is 0 Å². The van der Waals surface area contributed by atoms with Gasteiger partial charge in [0.15, 0.2) is 0 Å². The molecule has 1 aliphatic carbocycles. The van der Waals surface area contributed by atoms with Crippen LogP contribution in [-0.4, -0.2) is 18.9 Å². The maximum Gasteiger partial charge on any atom is 0.137 e. The minimum absolute atomic E-state index is 0.194. The van der Waals surface area contributed by atoms with Gasteiger partial charge in [0.1, 0.15) is 5.78 Å². The van der Waals surface area contributed by atoms with E-state index in [4.69, 9.17) is 0 Å². The van der Waals surface area contributed by atoms with E-state index in [0.717, 1.165) is 32.4 Å². The Bertz CT molecular complexity index is 478. The molecule has 110 valence electrons. The lowest BCUT2D eigenvalue weighted by molar-refractivity contribution is -0.126. The highest BCUT2D eigenvalue weighted by molar-refractivity contribution is 5.82. The molecule has 0 radical (unpaired) electrons. The molecule has 1 aromatic carbocycles. The molecule has 1 atom stereocenters. The molecular formula is C18H27NO. The van der Waals surface area contributed by atoms with Crippen molar-refractivity contribution >= 4 is 11.5 Å². The first-order valence-electron chi connectivity index (χ1n) is 7.75. The van der Waals surface area contributed by atoms with Crippen LogP contribution >= 0.6 is 0 Å². The highest BCUT2D eigenvalue weighted by atomic mass is 16.1. The Kier molecular flexibility index (Phi) is 4.52. The van der Waals surface area contributed by atoms with Crippen LogP contribution in [-0.2, 0) is 4.79 Å². The summed E-state index contributed by atoms with van der Waals surface area (Å²) in [7, 11) is 0. The van der Waals surface area contributed by atoms with Gasteiger partial charge in [0.25, 0.3) is 0 Å². The molecule has 20 heavy (non-hydrogen) atoms. The standard InChI is InChI=1S/C18H27NO/c1-5-19(16-8-6-7-14(2)11-16)13-15-12-18(3,4)10-9-17(15)20/h6-8,11,15H,5,9-10,12-13H2,1-4H3. The van der Waals surface area contributed by atoms with Crippen LogP contribution in [0.2, 0.25) is 0 Å². The van der Waals surface area contributed by atoms with Gasteiger partial charge in [0.2, 0.25) is 0 Å². The Morgan fingerprint density at radius 2 is 2.10 bits per heavy atom. The van der Waals surface area contributed by atoms with E-state index in [2.05, 4.69) is 56.9 Å². The third-order valence-corrected chi connectivity index (χ3v) is 4.49. The van der Waals surface area contributed by atoms with Crippen LogP contribution in [0.25, 0.3) is 0 Å². The third kappa shape index (κ3) is 3.62. The number of hydrogen-bond donors (Lipinski definition) is 0. The molecular weight excluding hydrogens is 246 g/mol. The van der Waals surface area contributed by atoms with Crippen molar-refractivity contribution < 1.29 is 4.79 Å². The van der Waals surface area contributed by atoms with Gasteiger partial charge in [0, 0.05) is 31.1 Å². The van der Waals surface area contributed by atoms with Gasteiger partial charge in [0.05, 0.1) is 0 Å². The molecule has 0 amide bonds. The summed E-state index contributed by atoms with van der Waals surface area (Å²) >= 11 is 0. The van der Waals surface area contributed by atoms with Crippen LogP contribution in [0.5, 0.6) is 0 Å². The fraction of sp³-hybridized carbons (Fsp3) is 0.611. The maximum absolute atomic E-state index is 12.2. The fourth-order valence-electron chi connectivity index (χ4n) is 3.22. The molecule has 1 aromatic rings. The lowest BCUT2D eigenvalue weighted by Gasteiger charge is -2.37. The molecule has 1 fully saturated rings. The van der Waals surface area contributed by atoms with Crippen molar-refractivity contribution in [2.24, 2.45) is 11.3 Å². The Morgan fingerprint density at radius 1 is 1.35 bits per heavy atom. The average molecular weight is 273 g/mol. The van der Waals surface area contributed by atoms with Gasteiger partial charge in [-0.25, -0.2) is 0 Å². The number of benzene rings is 1. The van der Waals surface area contributed by atoms with E-state index < -0.39 is 0 Å². The van der Waals surface area contributed by atoms with Gasteiger partial charge in [-0.1, -0.05) is 26.0 Å². The number of nitrogens with zero attached hydrogens (tertiary/aromatic N) is 1. The molecule has 1 unspecified atom stereocenters. The van der Waals surface area contributed by atoms with Gasteiger partial charge in [-0.2, -0.15) is 0 Å². The quantitative estimate of drug-likeness (QED) is 0.818. The summed E-state index contributed by atoms with van der Waals surface area (Å²) in [6.07, 6.45) is 2.82. The minimum atomic E-state index is 0.194. The second-order valence-corrected chi connectivity index (χ2v) is 6.91. The van der Waals surface area contributed by atoms with E-state index in [1.165, 1.54) is 11.3 Å². The van der Waals surface area contributed by atoms with Crippen LogP contribution in [0.15, 0.2) is 24.3 Å². The molecule has 0 bridgehead atoms. The van der Waals surface area contributed by atoms with Crippen LogP contribution in [0.3, 0.4) is 0 Å². The molecule has 2 heteroatoms. The second-order valence-electron chi connectivity index (χ2n) is 6.91.